The van der Waals surface area contributed by atoms with Gasteiger partial charge in [-0.25, -0.2) is 4.79 Å². The number of carbonyl (C=O) groups is 2. The van der Waals surface area contributed by atoms with Crippen molar-refractivity contribution in [2.45, 2.75) is 59.1 Å². The van der Waals surface area contributed by atoms with Crippen molar-refractivity contribution in [3.8, 4) is 0 Å². The second-order valence-corrected chi connectivity index (χ2v) is 6.76. The number of piperidine rings is 1. The number of nitrogens with one attached hydrogen (secondary N) is 1. The molecule has 0 aliphatic carbocycles. The molecule has 0 aromatic heterocycles. The van der Waals surface area contributed by atoms with Crippen LogP contribution in [-0.2, 0) is 9.53 Å². The van der Waals surface area contributed by atoms with Crippen molar-refractivity contribution in [3.63, 3.8) is 0 Å². The molecule has 1 heterocycles. The number of hydrogen-bond acceptors (Lipinski definition) is 4. The monoisotopic (exact) mass is 313 g/mol. The first-order chi connectivity index (χ1) is 10.2. The quantitative estimate of drug-likeness (QED) is 0.841. The Bertz CT molecular complexity index is 367. The van der Waals surface area contributed by atoms with Crippen LogP contribution >= 0.6 is 0 Å². The molecule has 0 spiro atoms. The zero-order chi connectivity index (χ0) is 16.8. The van der Waals surface area contributed by atoms with E-state index in [-0.39, 0.29) is 18.0 Å². The van der Waals surface area contributed by atoms with Gasteiger partial charge in [0.1, 0.15) is 5.60 Å². The van der Waals surface area contributed by atoms with Crippen LogP contribution in [0.25, 0.3) is 0 Å². The number of alkyl carbamates (subject to hydrolysis) is 1. The molecule has 2 amide bonds. The van der Waals surface area contributed by atoms with E-state index < -0.39 is 5.60 Å². The highest BCUT2D eigenvalue weighted by Gasteiger charge is 2.25. The van der Waals surface area contributed by atoms with Crippen LogP contribution in [0.15, 0.2) is 0 Å². The first kappa shape index (κ1) is 18.7. The van der Waals surface area contributed by atoms with Crippen molar-refractivity contribution in [2.75, 3.05) is 32.7 Å². The fourth-order valence-electron chi connectivity index (χ4n) is 2.58. The average molecular weight is 313 g/mol. The van der Waals surface area contributed by atoms with Crippen molar-refractivity contribution in [1.29, 1.82) is 0 Å². The highest BCUT2D eigenvalue weighted by molar-refractivity contribution is 5.78. The molecule has 1 N–H and O–H groups in total. The third-order valence-electron chi connectivity index (χ3n) is 3.78. The number of rotatable bonds is 5. The minimum Gasteiger partial charge on any atom is -0.444 e. The Morgan fingerprint density at radius 2 is 1.73 bits per heavy atom. The molecular weight excluding hydrogens is 282 g/mol. The number of nitrogens with zero attached hydrogens (tertiary/aromatic N) is 2. The fourth-order valence-corrected chi connectivity index (χ4v) is 2.58. The van der Waals surface area contributed by atoms with Gasteiger partial charge in [-0.15, -0.1) is 0 Å². The van der Waals surface area contributed by atoms with E-state index in [2.05, 4.69) is 10.2 Å². The van der Waals surface area contributed by atoms with Gasteiger partial charge >= 0.3 is 6.09 Å². The minimum atomic E-state index is -0.471. The molecule has 6 nitrogen and oxygen atoms in total. The molecule has 0 aromatic rings. The van der Waals surface area contributed by atoms with Crippen molar-refractivity contribution in [1.82, 2.24) is 15.1 Å². The SMILES string of the molecule is CCN(CC)C(=O)CN1CCC(NC(=O)OC(C)(C)C)CC1. The second kappa shape index (κ2) is 8.36. The predicted octanol–water partition coefficient (Wildman–Crippen LogP) is 1.84. The maximum Gasteiger partial charge on any atom is 0.407 e. The first-order valence-corrected chi connectivity index (χ1v) is 8.24. The smallest absolute Gasteiger partial charge is 0.407 e. The summed E-state index contributed by atoms with van der Waals surface area (Å²) in [6, 6.07) is 0.134. The molecule has 1 fully saturated rings. The van der Waals surface area contributed by atoms with Gasteiger partial charge < -0.3 is 15.0 Å². The number of likely N-dealkylation sites (N-methyl/N-ethyl adjacent to an activating group) is 1. The summed E-state index contributed by atoms with van der Waals surface area (Å²) in [6.07, 6.45) is 1.35. The lowest BCUT2D eigenvalue weighted by Gasteiger charge is -2.33. The third-order valence-corrected chi connectivity index (χ3v) is 3.78. The summed E-state index contributed by atoms with van der Waals surface area (Å²) in [5.74, 6) is 0.184. The molecule has 1 saturated heterocycles. The van der Waals surface area contributed by atoms with E-state index in [4.69, 9.17) is 4.74 Å². The normalized spacial score (nSPS) is 17.1. The van der Waals surface area contributed by atoms with Crippen LogP contribution in [-0.4, -0.2) is 66.2 Å². The van der Waals surface area contributed by atoms with Gasteiger partial charge in [-0.1, -0.05) is 0 Å². The zero-order valence-electron chi connectivity index (χ0n) is 14.6. The first-order valence-electron chi connectivity index (χ1n) is 8.24. The molecule has 0 aromatic carbocycles. The molecule has 0 atom stereocenters. The molecule has 1 aliphatic heterocycles. The highest BCUT2D eigenvalue weighted by atomic mass is 16.6. The van der Waals surface area contributed by atoms with Gasteiger partial charge in [-0.3, -0.25) is 9.69 Å². The van der Waals surface area contributed by atoms with Gasteiger partial charge in [-0.05, 0) is 47.5 Å². The van der Waals surface area contributed by atoms with Gasteiger partial charge in [0.15, 0.2) is 0 Å². The summed E-state index contributed by atoms with van der Waals surface area (Å²) in [4.78, 5) is 27.8. The highest BCUT2D eigenvalue weighted by Crippen LogP contribution is 2.12. The third kappa shape index (κ3) is 6.64. The van der Waals surface area contributed by atoms with E-state index >= 15 is 0 Å². The van der Waals surface area contributed by atoms with Gasteiger partial charge in [-0.2, -0.15) is 0 Å². The molecule has 22 heavy (non-hydrogen) atoms. The van der Waals surface area contributed by atoms with E-state index in [1.54, 1.807) is 0 Å². The van der Waals surface area contributed by atoms with Crippen LogP contribution in [0.3, 0.4) is 0 Å². The largest absolute Gasteiger partial charge is 0.444 e. The van der Waals surface area contributed by atoms with Crippen LogP contribution in [0.5, 0.6) is 0 Å². The summed E-state index contributed by atoms with van der Waals surface area (Å²) in [5, 5.41) is 2.91. The average Bonchev–Trinajstić information content (AvgIpc) is 2.40. The topological polar surface area (TPSA) is 61.9 Å². The van der Waals surface area contributed by atoms with Crippen molar-refractivity contribution in [3.05, 3.63) is 0 Å². The number of ether oxygens (including phenoxy) is 1. The van der Waals surface area contributed by atoms with Gasteiger partial charge in [0.25, 0.3) is 0 Å². The Morgan fingerprint density at radius 1 is 1.18 bits per heavy atom. The van der Waals surface area contributed by atoms with E-state index in [1.807, 2.05) is 39.5 Å². The Balaban J connectivity index is 2.31. The Labute approximate surface area is 134 Å². The van der Waals surface area contributed by atoms with Crippen LogP contribution in [0.4, 0.5) is 4.79 Å². The lowest BCUT2D eigenvalue weighted by Crippen LogP contribution is -2.48. The predicted molar refractivity (Wildman–Crippen MR) is 86.8 cm³/mol. The Morgan fingerprint density at radius 3 is 2.18 bits per heavy atom. The summed E-state index contributed by atoms with van der Waals surface area (Å²) >= 11 is 0. The number of likely N-dealkylation sites (tertiary alicyclic amines) is 1. The van der Waals surface area contributed by atoms with Crippen molar-refractivity contribution in [2.24, 2.45) is 0 Å². The van der Waals surface area contributed by atoms with Crippen LogP contribution in [0.1, 0.15) is 47.5 Å². The number of hydrogen-bond donors (Lipinski definition) is 1. The summed E-state index contributed by atoms with van der Waals surface area (Å²) in [7, 11) is 0. The summed E-state index contributed by atoms with van der Waals surface area (Å²) < 4.78 is 5.27. The van der Waals surface area contributed by atoms with Gasteiger partial charge in [0, 0.05) is 32.2 Å². The van der Waals surface area contributed by atoms with E-state index in [1.165, 1.54) is 0 Å². The molecule has 1 aliphatic rings. The lowest BCUT2D eigenvalue weighted by molar-refractivity contribution is -0.132. The Hall–Kier alpha value is -1.30. The molecule has 0 bridgehead atoms. The Kier molecular flexibility index (Phi) is 7.13. The summed E-state index contributed by atoms with van der Waals surface area (Å²) in [5.41, 5.74) is -0.471. The number of amides is 2. The van der Waals surface area contributed by atoms with Crippen LogP contribution in [0.2, 0.25) is 0 Å². The van der Waals surface area contributed by atoms with Crippen LogP contribution < -0.4 is 5.32 Å². The minimum absolute atomic E-state index is 0.134. The molecule has 6 heteroatoms. The van der Waals surface area contributed by atoms with Crippen molar-refractivity contribution < 1.29 is 14.3 Å². The molecular formula is C16H31N3O3. The fraction of sp³-hybridized carbons (Fsp3) is 0.875. The maximum atomic E-state index is 12.1. The molecule has 0 unspecified atom stereocenters. The van der Waals surface area contributed by atoms with E-state index in [0.717, 1.165) is 39.0 Å². The second-order valence-electron chi connectivity index (χ2n) is 6.76. The molecule has 128 valence electrons. The maximum absolute atomic E-state index is 12.1. The standard InChI is InChI=1S/C16H31N3O3/c1-6-19(7-2)14(20)12-18-10-8-13(9-11-18)17-15(21)22-16(3,4)5/h13H,6-12H2,1-5H3,(H,17,21). The molecule has 0 saturated carbocycles. The lowest BCUT2D eigenvalue weighted by atomic mass is 10.1. The molecule has 0 radical (unpaired) electrons. The van der Waals surface area contributed by atoms with Crippen LogP contribution in [0, 0.1) is 0 Å². The van der Waals surface area contributed by atoms with Gasteiger partial charge in [0.2, 0.25) is 5.91 Å². The summed E-state index contributed by atoms with van der Waals surface area (Å²) in [6.45, 7) is 13.2. The van der Waals surface area contributed by atoms with E-state index in [0.29, 0.717) is 6.54 Å². The zero-order valence-corrected chi connectivity index (χ0v) is 14.6. The van der Waals surface area contributed by atoms with Gasteiger partial charge in [0.05, 0.1) is 6.54 Å². The molecule has 1 rings (SSSR count). The van der Waals surface area contributed by atoms with Crippen molar-refractivity contribution >= 4 is 12.0 Å². The van der Waals surface area contributed by atoms with E-state index in [9.17, 15) is 9.59 Å². The number of carbonyl (C=O) groups excluding carboxylic acids is 2.